The number of carbonyl (C=O) groups excluding carboxylic acids is 1. The van der Waals surface area contributed by atoms with Crippen LogP contribution in [0.4, 0.5) is 5.69 Å². The van der Waals surface area contributed by atoms with Gasteiger partial charge in [0.25, 0.3) is 0 Å². The highest BCUT2D eigenvalue weighted by molar-refractivity contribution is 6.29. The first kappa shape index (κ1) is 11.0. The zero-order valence-electron chi connectivity index (χ0n) is 8.33. The van der Waals surface area contributed by atoms with Gasteiger partial charge in [0.15, 0.2) is 6.29 Å². The van der Waals surface area contributed by atoms with Crippen LogP contribution in [0.3, 0.4) is 0 Å². The van der Waals surface area contributed by atoms with Crippen molar-refractivity contribution in [3.05, 3.63) is 23.0 Å². The minimum atomic E-state index is 0.414. The van der Waals surface area contributed by atoms with Gasteiger partial charge in [0.2, 0.25) is 0 Å². The van der Waals surface area contributed by atoms with Gasteiger partial charge in [-0.05, 0) is 19.9 Å². The number of rotatable bonds is 4. The van der Waals surface area contributed by atoms with Crippen LogP contribution in [0.1, 0.15) is 24.2 Å². The number of hydrogen-bond donors (Lipinski definition) is 0. The Bertz CT molecular complexity index is 324. The quantitative estimate of drug-likeness (QED) is 0.568. The third-order valence-electron chi connectivity index (χ3n) is 2.11. The molecule has 1 aromatic heterocycles. The van der Waals surface area contributed by atoms with Gasteiger partial charge in [-0.2, -0.15) is 0 Å². The van der Waals surface area contributed by atoms with Crippen molar-refractivity contribution in [2.45, 2.75) is 13.8 Å². The van der Waals surface area contributed by atoms with Gasteiger partial charge in [-0.25, -0.2) is 4.98 Å². The van der Waals surface area contributed by atoms with E-state index in [9.17, 15) is 4.79 Å². The first-order chi connectivity index (χ1) is 6.72. The van der Waals surface area contributed by atoms with Crippen LogP contribution in [0.5, 0.6) is 0 Å². The molecule has 0 saturated heterocycles. The molecule has 76 valence electrons. The largest absolute Gasteiger partial charge is 0.371 e. The summed E-state index contributed by atoms with van der Waals surface area (Å²) in [5.41, 5.74) is 1.43. The summed E-state index contributed by atoms with van der Waals surface area (Å²) in [6, 6.07) is 1.72. The van der Waals surface area contributed by atoms with Gasteiger partial charge in [-0.15, -0.1) is 0 Å². The summed E-state index contributed by atoms with van der Waals surface area (Å²) in [5.74, 6) is 0. The highest BCUT2D eigenvalue weighted by atomic mass is 35.5. The number of carbonyl (C=O) groups is 1. The zero-order chi connectivity index (χ0) is 10.6. The van der Waals surface area contributed by atoms with E-state index in [1.54, 1.807) is 6.07 Å². The van der Waals surface area contributed by atoms with Crippen LogP contribution in [-0.2, 0) is 0 Å². The minimum Gasteiger partial charge on any atom is -0.371 e. The predicted octanol–water partition coefficient (Wildman–Crippen LogP) is 2.39. The lowest BCUT2D eigenvalue weighted by Crippen LogP contribution is -2.23. The molecule has 3 nitrogen and oxygen atoms in total. The average molecular weight is 213 g/mol. The highest BCUT2D eigenvalue weighted by Crippen LogP contribution is 2.21. The first-order valence-electron chi connectivity index (χ1n) is 4.58. The maximum absolute atomic E-state index is 10.8. The van der Waals surface area contributed by atoms with Crippen LogP contribution in [0.15, 0.2) is 12.3 Å². The third kappa shape index (κ3) is 2.23. The number of hydrogen-bond acceptors (Lipinski definition) is 3. The molecule has 1 heterocycles. The third-order valence-corrected chi connectivity index (χ3v) is 2.32. The second-order valence-corrected chi connectivity index (χ2v) is 3.24. The molecule has 14 heavy (non-hydrogen) atoms. The van der Waals surface area contributed by atoms with Crippen LogP contribution in [0.25, 0.3) is 0 Å². The van der Waals surface area contributed by atoms with Gasteiger partial charge < -0.3 is 4.90 Å². The van der Waals surface area contributed by atoms with Crippen molar-refractivity contribution in [1.29, 1.82) is 0 Å². The van der Waals surface area contributed by atoms with Gasteiger partial charge >= 0.3 is 0 Å². The first-order valence-corrected chi connectivity index (χ1v) is 4.96. The lowest BCUT2D eigenvalue weighted by Gasteiger charge is -2.22. The molecular formula is C10H13ClN2O. The van der Waals surface area contributed by atoms with E-state index in [0.717, 1.165) is 25.1 Å². The van der Waals surface area contributed by atoms with Crippen molar-refractivity contribution in [3.8, 4) is 0 Å². The number of aromatic nitrogens is 1. The summed E-state index contributed by atoms with van der Waals surface area (Å²) in [4.78, 5) is 16.7. The summed E-state index contributed by atoms with van der Waals surface area (Å²) in [5, 5.41) is 0.414. The van der Waals surface area contributed by atoms with Gasteiger partial charge in [0, 0.05) is 19.3 Å². The highest BCUT2D eigenvalue weighted by Gasteiger charge is 2.08. The molecule has 0 aromatic carbocycles. The Morgan fingerprint density at radius 1 is 1.50 bits per heavy atom. The molecule has 0 aliphatic carbocycles. The van der Waals surface area contributed by atoms with Crippen molar-refractivity contribution in [2.24, 2.45) is 0 Å². The Labute approximate surface area is 88.7 Å². The van der Waals surface area contributed by atoms with E-state index < -0.39 is 0 Å². The number of pyridine rings is 1. The van der Waals surface area contributed by atoms with Crippen LogP contribution >= 0.6 is 11.6 Å². The lowest BCUT2D eigenvalue weighted by molar-refractivity contribution is 0.112. The minimum absolute atomic E-state index is 0.414. The summed E-state index contributed by atoms with van der Waals surface area (Å²) in [6.07, 6.45) is 2.31. The normalized spacial score (nSPS) is 9.93. The number of anilines is 1. The summed E-state index contributed by atoms with van der Waals surface area (Å²) < 4.78 is 0. The SMILES string of the molecule is CCN(CC)c1cc(Cl)ncc1C=O. The Morgan fingerprint density at radius 2 is 2.14 bits per heavy atom. The fourth-order valence-corrected chi connectivity index (χ4v) is 1.51. The molecule has 0 aliphatic rings. The van der Waals surface area contributed by atoms with Gasteiger partial charge in [-0.3, -0.25) is 4.79 Å². The van der Waals surface area contributed by atoms with E-state index in [1.807, 2.05) is 13.8 Å². The molecule has 0 saturated carbocycles. The lowest BCUT2D eigenvalue weighted by atomic mass is 10.2. The fourth-order valence-electron chi connectivity index (χ4n) is 1.36. The van der Waals surface area contributed by atoms with Crippen molar-refractivity contribution in [1.82, 2.24) is 4.98 Å². The van der Waals surface area contributed by atoms with Crippen LogP contribution in [0.2, 0.25) is 5.15 Å². The van der Waals surface area contributed by atoms with E-state index in [4.69, 9.17) is 11.6 Å². The molecule has 1 aromatic rings. The van der Waals surface area contributed by atoms with E-state index in [0.29, 0.717) is 10.7 Å². The van der Waals surface area contributed by atoms with Crippen LogP contribution in [-0.4, -0.2) is 24.4 Å². The molecule has 0 unspecified atom stereocenters. The molecule has 0 fully saturated rings. The molecule has 4 heteroatoms. The zero-order valence-corrected chi connectivity index (χ0v) is 9.08. The molecular weight excluding hydrogens is 200 g/mol. The average Bonchev–Trinajstić information content (AvgIpc) is 2.20. The maximum atomic E-state index is 10.8. The Kier molecular flexibility index (Phi) is 3.89. The monoisotopic (exact) mass is 212 g/mol. The molecule has 0 bridgehead atoms. The van der Waals surface area contributed by atoms with Crippen LogP contribution in [0, 0.1) is 0 Å². The Morgan fingerprint density at radius 3 is 2.64 bits per heavy atom. The fraction of sp³-hybridized carbons (Fsp3) is 0.400. The number of nitrogens with zero attached hydrogens (tertiary/aromatic N) is 2. The molecule has 0 aliphatic heterocycles. The molecule has 0 atom stereocenters. The van der Waals surface area contributed by atoms with E-state index in [1.165, 1.54) is 6.20 Å². The van der Waals surface area contributed by atoms with Crippen molar-refractivity contribution in [2.75, 3.05) is 18.0 Å². The molecule has 0 spiro atoms. The maximum Gasteiger partial charge on any atom is 0.153 e. The van der Waals surface area contributed by atoms with Crippen molar-refractivity contribution >= 4 is 23.6 Å². The smallest absolute Gasteiger partial charge is 0.153 e. The summed E-state index contributed by atoms with van der Waals surface area (Å²) in [7, 11) is 0. The second kappa shape index (κ2) is 4.96. The van der Waals surface area contributed by atoms with Gasteiger partial charge in [0.1, 0.15) is 5.15 Å². The molecule has 0 radical (unpaired) electrons. The van der Waals surface area contributed by atoms with E-state index in [2.05, 4.69) is 9.88 Å². The standard InChI is InChI=1S/C10H13ClN2O/c1-3-13(4-2)9-5-10(11)12-6-8(9)7-14/h5-7H,3-4H2,1-2H3. The molecule has 1 rings (SSSR count). The predicted molar refractivity (Wildman–Crippen MR) is 58.2 cm³/mol. The van der Waals surface area contributed by atoms with E-state index >= 15 is 0 Å². The molecule has 0 amide bonds. The Balaban J connectivity index is 3.14. The Hall–Kier alpha value is -1.09. The summed E-state index contributed by atoms with van der Waals surface area (Å²) in [6.45, 7) is 5.76. The molecule has 0 N–H and O–H groups in total. The van der Waals surface area contributed by atoms with Gasteiger partial charge in [0.05, 0.1) is 11.3 Å². The number of aldehydes is 1. The van der Waals surface area contributed by atoms with Crippen molar-refractivity contribution < 1.29 is 4.79 Å². The van der Waals surface area contributed by atoms with Crippen molar-refractivity contribution in [3.63, 3.8) is 0 Å². The van der Waals surface area contributed by atoms with Crippen LogP contribution < -0.4 is 4.90 Å². The van der Waals surface area contributed by atoms with Gasteiger partial charge in [-0.1, -0.05) is 11.6 Å². The van der Waals surface area contributed by atoms with E-state index in [-0.39, 0.29) is 0 Å². The second-order valence-electron chi connectivity index (χ2n) is 2.86. The summed E-state index contributed by atoms with van der Waals surface area (Å²) >= 11 is 5.78. The topological polar surface area (TPSA) is 33.2 Å². The number of halogens is 1.